The van der Waals surface area contributed by atoms with Gasteiger partial charge < -0.3 is 4.90 Å². The van der Waals surface area contributed by atoms with E-state index >= 15 is 0 Å². The van der Waals surface area contributed by atoms with Gasteiger partial charge in [0.05, 0.1) is 21.8 Å². The molecule has 1 aliphatic rings. The van der Waals surface area contributed by atoms with Gasteiger partial charge in [0.1, 0.15) is 0 Å². The van der Waals surface area contributed by atoms with E-state index in [1.165, 1.54) is 0 Å². The number of carbonyl (C=O) groups is 1. The number of benzene rings is 2. The highest BCUT2D eigenvalue weighted by molar-refractivity contribution is 6.36. The van der Waals surface area contributed by atoms with Crippen LogP contribution in [0.4, 0.5) is 0 Å². The van der Waals surface area contributed by atoms with Crippen LogP contribution in [0.15, 0.2) is 48.5 Å². The average Bonchev–Trinajstić information content (AvgIpc) is 2.69. The highest BCUT2D eigenvalue weighted by Crippen LogP contribution is 2.31. The molecule has 0 aliphatic carbocycles. The average molecular weight is 415 g/mol. The minimum absolute atomic E-state index is 0.144. The zero-order valence-corrected chi connectivity index (χ0v) is 17.0. The quantitative estimate of drug-likeness (QED) is 0.700. The summed E-state index contributed by atoms with van der Waals surface area (Å²) in [5, 5.41) is 3.83. The zero-order chi connectivity index (χ0) is 19.7. The Bertz CT molecular complexity index is 1030. The number of hydrazine groups is 1. The molecule has 5 nitrogen and oxygen atoms in total. The molecule has 0 spiro atoms. The summed E-state index contributed by atoms with van der Waals surface area (Å²) in [5.74, 6) is -0.144. The maximum Gasteiger partial charge on any atom is 0.266 e. The van der Waals surface area contributed by atoms with Crippen molar-refractivity contribution in [1.82, 2.24) is 20.3 Å². The van der Waals surface area contributed by atoms with E-state index in [-0.39, 0.29) is 5.91 Å². The van der Waals surface area contributed by atoms with Crippen LogP contribution >= 0.6 is 23.2 Å². The van der Waals surface area contributed by atoms with E-state index in [4.69, 9.17) is 28.2 Å². The van der Waals surface area contributed by atoms with Crippen LogP contribution in [0.25, 0.3) is 22.2 Å². The third-order valence-electron chi connectivity index (χ3n) is 4.93. The first-order valence-electron chi connectivity index (χ1n) is 9.11. The van der Waals surface area contributed by atoms with Crippen LogP contribution in [0.1, 0.15) is 10.4 Å². The number of aromatic nitrogens is 1. The van der Waals surface area contributed by atoms with Crippen molar-refractivity contribution < 1.29 is 4.79 Å². The van der Waals surface area contributed by atoms with Crippen molar-refractivity contribution in [2.24, 2.45) is 0 Å². The standard InChI is InChI=1S/C21H20Cl2N4O/c1-26-8-10-27(11-9-26)25-21(28)17-13-20(16-7-6-14(22)12-18(16)23)24-19-5-3-2-4-15(17)19/h2-7,12-13H,8-11H2,1H3,(H,25,28). The summed E-state index contributed by atoms with van der Waals surface area (Å²) in [6.07, 6.45) is 0. The van der Waals surface area contributed by atoms with Crippen molar-refractivity contribution in [2.45, 2.75) is 0 Å². The van der Waals surface area contributed by atoms with Gasteiger partial charge >= 0.3 is 0 Å². The maximum atomic E-state index is 13.1. The molecule has 0 saturated carbocycles. The molecule has 144 valence electrons. The maximum absolute atomic E-state index is 13.1. The van der Waals surface area contributed by atoms with E-state index < -0.39 is 0 Å². The third kappa shape index (κ3) is 3.98. The van der Waals surface area contributed by atoms with Crippen LogP contribution in [0, 0.1) is 0 Å². The topological polar surface area (TPSA) is 48.5 Å². The van der Waals surface area contributed by atoms with Crippen molar-refractivity contribution in [3.8, 4) is 11.3 Å². The Morgan fingerprint density at radius 1 is 1.04 bits per heavy atom. The predicted molar refractivity (Wildman–Crippen MR) is 114 cm³/mol. The molecule has 3 aromatic rings. The molecule has 4 rings (SSSR count). The van der Waals surface area contributed by atoms with Crippen molar-refractivity contribution >= 4 is 40.0 Å². The fraction of sp³-hybridized carbons (Fsp3) is 0.238. The van der Waals surface area contributed by atoms with Crippen LogP contribution in [0.3, 0.4) is 0 Å². The van der Waals surface area contributed by atoms with Gasteiger partial charge in [0.15, 0.2) is 0 Å². The van der Waals surface area contributed by atoms with E-state index in [2.05, 4.69) is 17.4 Å². The van der Waals surface area contributed by atoms with Gasteiger partial charge in [0.2, 0.25) is 0 Å². The number of nitrogens with zero attached hydrogens (tertiary/aromatic N) is 3. The van der Waals surface area contributed by atoms with Crippen LogP contribution in [-0.4, -0.2) is 54.0 Å². The number of fused-ring (bicyclic) bond motifs is 1. The summed E-state index contributed by atoms with van der Waals surface area (Å²) in [7, 11) is 2.08. The Morgan fingerprint density at radius 3 is 2.54 bits per heavy atom. The first kappa shape index (κ1) is 19.2. The summed E-state index contributed by atoms with van der Waals surface area (Å²) >= 11 is 12.4. The summed E-state index contributed by atoms with van der Waals surface area (Å²) in [6.45, 7) is 3.42. The fourth-order valence-corrected chi connectivity index (χ4v) is 3.83. The Balaban J connectivity index is 1.73. The molecule has 1 saturated heterocycles. The lowest BCUT2D eigenvalue weighted by Gasteiger charge is -2.32. The van der Waals surface area contributed by atoms with Gasteiger partial charge in [-0.2, -0.15) is 0 Å². The molecule has 1 amide bonds. The molecule has 28 heavy (non-hydrogen) atoms. The summed E-state index contributed by atoms with van der Waals surface area (Å²) in [4.78, 5) is 20.0. The van der Waals surface area contributed by atoms with Crippen LogP contribution in [0.5, 0.6) is 0 Å². The largest absolute Gasteiger partial charge is 0.304 e. The van der Waals surface area contributed by atoms with Gasteiger partial charge in [-0.25, -0.2) is 9.99 Å². The Labute approximate surface area is 173 Å². The summed E-state index contributed by atoms with van der Waals surface area (Å²) in [6, 6.07) is 14.7. The molecule has 7 heteroatoms. The van der Waals surface area contributed by atoms with Crippen molar-refractivity contribution in [3.05, 3.63) is 64.1 Å². The second kappa shape index (κ2) is 8.05. The number of piperazine rings is 1. The lowest BCUT2D eigenvalue weighted by molar-refractivity contribution is 0.0664. The number of para-hydroxylation sites is 1. The molecule has 2 aromatic carbocycles. The highest BCUT2D eigenvalue weighted by atomic mass is 35.5. The first-order chi connectivity index (χ1) is 13.5. The molecule has 0 atom stereocenters. The van der Waals surface area contributed by atoms with Crippen molar-refractivity contribution in [3.63, 3.8) is 0 Å². The zero-order valence-electron chi connectivity index (χ0n) is 15.5. The van der Waals surface area contributed by atoms with Gasteiger partial charge in [-0.15, -0.1) is 0 Å². The molecule has 1 aromatic heterocycles. The highest BCUT2D eigenvalue weighted by Gasteiger charge is 2.19. The third-order valence-corrected chi connectivity index (χ3v) is 5.48. The van der Waals surface area contributed by atoms with Crippen molar-refractivity contribution in [2.75, 3.05) is 33.2 Å². The number of pyridine rings is 1. The summed E-state index contributed by atoms with van der Waals surface area (Å²) < 4.78 is 0. The number of amides is 1. The second-order valence-corrected chi connectivity index (χ2v) is 7.77. The first-order valence-corrected chi connectivity index (χ1v) is 9.86. The number of rotatable bonds is 3. The molecule has 1 fully saturated rings. The van der Waals surface area contributed by atoms with Crippen LogP contribution < -0.4 is 5.43 Å². The fourth-order valence-electron chi connectivity index (χ4n) is 3.32. The van der Waals surface area contributed by atoms with Gasteiger partial charge in [0.25, 0.3) is 5.91 Å². The molecule has 0 unspecified atom stereocenters. The number of halogens is 2. The molecule has 1 aliphatic heterocycles. The smallest absolute Gasteiger partial charge is 0.266 e. The van der Waals surface area contributed by atoms with Gasteiger partial charge in [0, 0.05) is 42.2 Å². The van der Waals surface area contributed by atoms with E-state index in [1.807, 2.05) is 35.3 Å². The van der Waals surface area contributed by atoms with Crippen LogP contribution in [-0.2, 0) is 0 Å². The Morgan fingerprint density at radius 2 is 1.79 bits per heavy atom. The number of carbonyl (C=O) groups excluding carboxylic acids is 1. The molecular weight excluding hydrogens is 395 g/mol. The predicted octanol–water partition coefficient (Wildman–Crippen LogP) is 4.10. The van der Waals surface area contributed by atoms with E-state index in [0.29, 0.717) is 21.3 Å². The SMILES string of the molecule is CN1CCN(NC(=O)c2cc(-c3ccc(Cl)cc3Cl)nc3ccccc23)CC1. The summed E-state index contributed by atoms with van der Waals surface area (Å²) in [5.41, 5.74) is 5.74. The van der Waals surface area contributed by atoms with Gasteiger partial charge in [-0.1, -0.05) is 41.4 Å². The monoisotopic (exact) mass is 414 g/mol. The minimum Gasteiger partial charge on any atom is -0.304 e. The number of hydrogen-bond donors (Lipinski definition) is 1. The molecule has 0 bridgehead atoms. The van der Waals surface area contributed by atoms with E-state index in [9.17, 15) is 4.79 Å². The Kier molecular flexibility index (Phi) is 5.51. The van der Waals surface area contributed by atoms with Crippen LogP contribution in [0.2, 0.25) is 10.0 Å². The Hall–Kier alpha value is -2.18. The molecule has 1 N–H and O–H groups in total. The lowest BCUT2D eigenvalue weighted by atomic mass is 10.0. The normalized spacial score (nSPS) is 15.7. The van der Waals surface area contributed by atoms with E-state index in [1.54, 1.807) is 18.2 Å². The molecular formula is C21H20Cl2N4O. The lowest BCUT2D eigenvalue weighted by Crippen LogP contribution is -2.52. The van der Waals surface area contributed by atoms with Crippen molar-refractivity contribution in [1.29, 1.82) is 0 Å². The second-order valence-electron chi connectivity index (χ2n) is 6.93. The molecule has 0 radical (unpaired) electrons. The molecule has 2 heterocycles. The number of nitrogens with one attached hydrogen (secondary N) is 1. The van der Waals surface area contributed by atoms with E-state index in [0.717, 1.165) is 42.6 Å². The number of hydrogen-bond acceptors (Lipinski definition) is 4. The minimum atomic E-state index is -0.144. The van der Waals surface area contributed by atoms with Gasteiger partial charge in [-0.05, 0) is 37.4 Å². The number of likely N-dealkylation sites (N-methyl/N-ethyl adjacent to an activating group) is 1. The van der Waals surface area contributed by atoms with Gasteiger partial charge in [-0.3, -0.25) is 10.2 Å².